The van der Waals surface area contributed by atoms with Crippen molar-refractivity contribution < 1.29 is 13.9 Å². The van der Waals surface area contributed by atoms with Crippen LogP contribution in [0.2, 0.25) is 0 Å². The molecule has 4 heterocycles. The van der Waals surface area contributed by atoms with Gasteiger partial charge in [0.2, 0.25) is 0 Å². The summed E-state index contributed by atoms with van der Waals surface area (Å²) in [6.45, 7) is 15.4. The second kappa shape index (κ2) is 8.34. The lowest BCUT2D eigenvalue weighted by molar-refractivity contribution is 0.0516. The molecular formula is C22H33N5O3. The summed E-state index contributed by atoms with van der Waals surface area (Å²) in [5.41, 5.74) is 2.42. The van der Waals surface area contributed by atoms with Crippen LogP contribution in [0.3, 0.4) is 0 Å². The number of carbonyl (C=O) groups is 1. The Labute approximate surface area is 178 Å². The smallest absolute Gasteiger partial charge is 0.407 e. The Morgan fingerprint density at radius 3 is 2.63 bits per heavy atom. The summed E-state index contributed by atoms with van der Waals surface area (Å²) in [6.07, 6.45) is 1.36. The molecular weight excluding hydrogens is 382 g/mol. The molecule has 1 amide bonds. The van der Waals surface area contributed by atoms with Gasteiger partial charge in [-0.05, 0) is 27.3 Å². The van der Waals surface area contributed by atoms with Crippen LogP contribution in [0.5, 0.6) is 0 Å². The van der Waals surface area contributed by atoms with Crippen LogP contribution in [0.1, 0.15) is 27.7 Å². The molecule has 2 fully saturated rings. The van der Waals surface area contributed by atoms with Crippen molar-refractivity contribution in [2.75, 3.05) is 62.2 Å². The zero-order chi connectivity index (χ0) is 21.3. The van der Waals surface area contributed by atoms with Gasteiger partial charge in [0.05, 0.1) is 12.0 Å². The molecule has 8 nitrogen and oxygen atoms in total. The molecule has 1 N–H and O–H groups in total. The number of nitrogens with zero attached hydrogens (tertiary/aromatic N) is 4. The first-order chi connectivity index (χ1) is 14.3. The van der Waals surface area contributed by atoms with E-state index in [0.29, 0.717) is 12.5 Å². The molecule has 0 aliphatic carbocycles. The first-order valence-electron chi connectivity index (χ1n) is 10.9. The van der Waals surface area contributed by atoms with E-state index in [1.165, 1.54) is 0 Å². The Balaban J connectivity index is 1.38. The summed E-state index contributed by atoms with van der Waals surface area (Å²) in [5.74, 6) is 1.38. The molecule has 0 atom stereocenters. The maximum Gasteiger partial charge on any atom is 0.407 e. The first kappa shape index (κ1) is 20.8. The molecule has 2 aromatic rings. The number of pyridine rings is 1. The third-order valence-electron chi connectivity index (χ3n) is 5.75. The van der Waals surface area contributed by atoms with E-state index in [-0.39, 0.29) is 6.09 Å². The van der Waals surface area contributed by atoms with Crippen molar-refractivity contribution in [3.05, 3.63) is 18.4 Å². The van der Waals surface area contributed by atoms with Crippen molar-refractivity contribution in [1.29, 1.82) is 0 Å². The minimum absolute atomic E-state index is 0.354. The Bertz CT molecular complexity index is 877. The van der Waals surface area contributed by atoms with Gasteiger partial charge in [-0.1, -0.05) is 6.92 Å². The largest absolute Gasteiger partial charge is 0.460 e. The van der Waals surface area contributed by atoms with Crippen molar-refractivity contribution >= 4 is 28.7 Å². The third kappa shape index (κ3) is 4.64. The highest BCUT2D eigenvalue weighted by Crippen LogP contribution is 2.33. The van der Waals surface area contributed by atoms with Crippen molar-refractivity contribution in [1.82, 2.24) is 15.2 Å². The van der Waals surface area contributed by atoms with Gasteiger partial charge >= 0.3 is 6.09 Å². The molecule has 0 saturated carbocycles. The predicted octanol–water partition coefficient (Wildman–Crippen LogP) is 2.93. The van der Waals surface area contributed by atoms with Crippen LogP contribution in [0, 0.1) is 5.92 Å². The number of amides is 1. The number of hydrogen-bond acceptors (Lipinski definition) is 7. The van der Waals surface area contributed by atoms with Crippen molar-refractivity contribution in [3.8, 4) is 0 Å². The van der Waals surface area contributed by atoms with Gasteiger partial charge in [0.1, 0.15) is 16.9 Å². The molecule has 0 spiro atoms. The maximum absolute atomic E-state index is 11.9. The third-order valence-corrected chi connectivity index (χ3v) is 5.75. The Hall–Kier alpha value is -2.48. The van der Waals surface area contributed by atoms with E-state index in [1.54, 1.807) is 6.26 Å². The summed E-state index contributed by atoms with van der Waals surface area (Å²) < 4.78 is 11.1. The maximum atomic E-state index is 11.9. The molecule has 2 aliphatic heterocycles. The lowest BCUT2D eigenvalue weighted by Gasteiger charge is -2.41. The van der Waals surface area contributed by atoms with Gasteiger partial charge in [-0.3, -0.25) is 0 Å². The van der Waals surface area contributed by atoms with Gasteiger partial charge in [0.15, 0.2) is 5.58 Å². The van der Waals surface area contributed by atoms with E-state index >= 15 is 0 Å². The van der Waals surface area contributed by atoms with Gasteiger partial charge < -0.3 is 29.2 Å². The quantitative estimate of drug-likeness (QED) is 0.805. The van der Waals surface area contributed by atoms with Gasteiger partial charge in [0, 0.05) is 63.9 Å². The lowest BCUT2D eigenvalue weighted by atomic mass is 10.00. The number of hydrogen-bond donors (Lipinski definition) is 1. The number of alkyl carbamates (subject to hydrolysis) is 1. The highest BCUT2D eigenvalue weighted by atomic mass is 16.6. The summed E-state index contributed by atoms with van der Waals surface area (Å²) >= 11 is 0. The number of ether oxygens (including phenoxy) is 1. The molecule has 0 unspecified atom stereocenters. The molecule has 4 rings (SSSR count). The van der Waals surface area contributed by atoms with Gasteiger partial charge in [-0.2, -0.15) is 0 Å². The molecule has 8 heteroatoms. The van der Waals surface area contributed by atoms with Crippen molar-refractivity contribution in [2.45, 2.75) is 33.3 Å². The standard InChI is InChI=1S/C22H33N5O3/c1-5-25-7-9-26(10-8-25)18-12-19(24-17-6-11-29-20(17)18)27-14-16(15-27)13-23-21(28)30-22(2,3)4/h6,11-12,16H,5,7-10,13-15H2,1-4H3,(H,23,28). The highest BCUT2D eigenvalue weighted by Gasteiger charge is 2.30. The number of anilines is 2. The lowest BCUT2D eigenvalue weighted by Crippen LogP contribution is -2.52. The number of nitrogens with one attached hydrogen (secondary N) is 1. The second-order valence-corrected chi connectivity index (χ2v) is 9.21. The molecule has 0 bridgehead atoms. The number of carbonyl (C=O) groups excluding carboxylic acids is 1. The van der Waals surface area contributed by atoms with Crippen LogP contribution in [-0.2, 0) is 4.74 Å². The van der Waals surface area contributed by atoms with Gasteiger partial charge in [-0.15, -0.1) is 0 Å². The highest BCUT2D eigenvalue weighted by molar-refractivity contribution is 5.89. The average molecular weight is 416 g/mol. The molecule has 0 aromatic carbocycles. The van der Waals surface area contributed by atoms with E-state index in [1.807, 2.05) is 26.8 Å². The van der Waals surface area contributed by atoms with Crippen molar-refractivity contribution in [3.63, 3.8) is 0 Å². The van der Waals surface area contributed by atoms with Crippen LogP contribution in [0.25, 0.3) is 11.1 Å². The summed E-state index contributed by atoms with van der Waals surface area (Å²) in [7, 11) is 0. The number of aromatic nitrogens is 1. The Morgan fingerprint density at radius 1 is 1.23 bits per heavy atom. The summed E-state index contributed by atoms with van der Waals surface area (Å²) in [4.78, 5) is 23.8. The topological polar surface area (TPSA) is 74.1 Å². The normalized spacial score (nSPS) is 18.5. The molecule has 30 heavy (non-hydrogen) atoms. The van der Waals surface area contributed by atoms with Crippen LogP contribution < -0.4 is 15.1 Å². The number of rotatable bonds is 5. The predicted molar refractivity (Wildman–Crippen MR) is 118 cm³/mol. The molecule has 2 saturated heterocycles. The minimum atomic E-state index is -0.474. The van der Waals surface area contributed by atoms with E-state index < -0.39 is 5.60 Å². The van der Waals surface area contributed by atoms with Gasteiger partial charge in [-0.25, -0.2) is 9.78 Å². The summed E-state index contributed by atoms with van der Waals surface area (Å²) in [5, 5.41) is 2.88. The molecule has 164 valence electrons. The number of furan rings is 1. The molecule has 0 radical (unpaired) electrons. The zero-order valence-electron chi connectivity index (χ0n) is 18.5. The van der Waals surface area contributed by atoms with Crippen LogP contribution in [-0.4, -0.2) is 73.9 Å². The molecule has 2 aliphatic rings. The fraction of sp³-hybridized carbons (Fsp3) is 0.636. The Kier molecular flexibility index (Phi) is 5.77. The number of likely N-dealkylation sites (N-methyl/N-ethyl adjacent to an activating group) is 1. The SMILES string of the molecule is CCN1CCN(c2cc(N3CC(CNC(=O)OC(C)(C)C)C3)nc3ccoc23)CC1. The minimum Gasteiger partial charge on any atom is -0.460 e. The zero-order valence-corrected chi connectivity index (χ0v) is 18.5. The fourth-order valence-corrected chi connectivity index (χ4v) is 4.06. The van der Waals surface area contributed by atoms with E-state index in [4.69, 9.17) is 14.1 Å². The molecule has 2 aromatic heterocycles. The number of piperazine rings is 1. The van der Waals surface area contributed by atoms with Crippen LogP contribution >= 0.6 is 0 Å². The van der Waals surface area contributed by atoms with E-state index in [9.17, 15) is 4.79 Å². The fourth-order valence-electron chi connectivity index (χ4n) is 4.06. The first-order valence-corrected chi connectivity index (χ1v) is 10.9. The van der Waals surface area contributed by atoms with Crippen LogP contribution in [0.4, 0.5) is 16.3 Å². The number of fused-ring (bicyclic) bond motifs is 1. The van der Waals surface area contributed by atoms with E-state index in [0.717, 1.165) is 68.4 Å². The van der Waals surface area contributed by atoms with E-state index in [2.05, 4.69) is 33.0 Å². The van der Waals surface area contributed by atoms with Crippen LogP contribution in [0.15, 0.2) is 22.8 Å². The van der Waals surface area contributed by atoms with Gasteiger partial charge in [0.25, 0.3) is 0 Å². The summed E-state index contributed by atoms with van der Waals surface area (Å²) in [6, 6.07) is 4.09. The van der Waals surface area contributed by atoms with Crippen molar-refractivity contribution in [2.24, 2.45) is 5.92 Å². The second-order valence-electron chi connectivity index (χ2n) is 9.21. The Morgan fingerprint density at radius 2 is 1.97 bits per heavy atom. The monoisotopic (exact) mass is 415 g/mol. The average Bonchev–Trinajstić information content (AvgIpc) is 3.13.